The van der Waals surface area contributed by atoms with Crippen molar-refractivity contribution in [2.75, 3.05) is 19.8 Å². The van der Waals surface area contributed by atoms with Crippen LogP contribution in [0.5, 0.6) is 0 Å². The van der Waals surface area contributed by atoms with Gasteiger partial charge in [0.25, 0.3) is 0 Å². The number of hydroxylamine groups is 2. The average molecular weight is 326 g/mol. The van der Waals surface area contributed by atoms with E-state index < -0.39 is 0 Å². The molecule has 0 saturated heterocycles. The fourth-order valence-corrected chi connectivity index (χ4v) is 4.02. The van der Waals surface area contributed by atoms with Crippen molar-refractivity contribution < 1.29 is 14.4 Å². The Morgan fingerprint density at radius 3 is 3.04 bits per heavy atom. The van der Waals surface area contributed by atoms with Gasteiger partial charge in [-0.25, -0.2) is 0 Å². The average Bonchev–Trinajstić information content (AvgIpc) is 2.75. The molecule has 1 aromatic heterocycles. The molecule has 5 heteroatoms. The summed E-state index contributed by atoms with van der Waals surface area (Å²) in [7, 11) is 2.11. The number of hydrogen-bond acceptors (Lipinski definition) is 4. The van der Waals surface area contributed by atoms with E-state index in [1.807, 2.05) is 6.08 Å². The first-order valence-corrected chi connectivity index (χ1v) is 8.42. The third-order valence-electron chi connectivity index (χ3n) is 5.04. The number of esters is 1. The summed E-state index contributed by atoms with van der Waals surface area (Å²) < 4.78 is 7.60. The van der Waals surface area contributed by atoms with Gasteiger partial charge in [0.15, 0.2) is 0 Å². The first kappa shape index (κ1) is 15.4. The Kier molecular flexibility index (Phi) is 3.90. The number of benzene rings is 1. The van der Waals surface area contributed by atoms with Crippen LogP contribution in [0.4, 0.5) is 0 Å². The van der Waals surface area contributed by atoms with Crippen molar-refractivity contribution in [3.05, 3.63) is 47.7 Å². The molecule has 2 atom stereocenters. The molecule has 3 heterocycles. The van der Waals surface area contributed by atoms with Gasteiger partial charge in [-0.1, -0.05) is 30.4 Å². The highest BCUT2D eigenvalue weighted by Gasteiger charge is 2.38. The predicted molar refractivity (Wildman–Crippen MR) is 91.3 cm³/mol. The number of nitrogens with zero attached hydrogens (tertiary/aromatic N) is 2. The highest BCUT2D eigenvalue weighted by atomic mass is 16.7. The summed E-state index contributed by atoms with van der Waals surface area (Å²) in [5.74, 6) is -0.161. The Bertz CT molecular complexity index is 808. The Morgan fingerprint density at radius 2 is 2.21 bits per heavy atom. The van der Waals surface area contributed by atoms with Gasteiger partial charge < -0.3 is 9.30 Å². The van der Waals surface area contributed by atoms with Crippen molar-refractivity contribution in [3.8, 4) is 0 Å². The van der Waals surface area contributed by atoms with Crippen molar-refractivity contribution in [2.24, 2.45) is 13.0 Å². The molecule has 2 aliphatic heterocycles. The Hall–Kier alpha value is -2.11. The minimum absolute atomic E-state index is 0.0595. The summed E-state index contributed by atoms with van der Waals surface area (Å²) in [5, 5.41) is 3.38. The van der Waals surface area contributed by atoms with Gasteiger partial charge in [0.2, 0.25) is 0 Å². The van der Waals surface area contributed by atoms with E-state index in [2.05, 4.69) is 47.0 Å². The molecule has 0 amide bonds. The molecule has 0 unspecified atom stereocenters. The Balaban J connectivity index is 1.82. The molecule has 0 saturated carbocycles. The quantitative estimate of drug-likeness (QED) is 0.629. The van der Waals surface area contributed by atoms with Crippen LogP contribution in [0, 0.1) is 5.92 Å². The van der Waals surface area contributed by atoms with E-state index in [-0.39, 0.29) is 17.9 Å². The molecule has 0 N–H and O–H groups in total. The van der Waals surface area contributed by atoms with Crippen molar-refractivity contribution in [3.63, 3.8) is 0 Å². The van der Waals surface area contributed by atoms with Crippen molar-refractivity contribution in [1.29, 1.82) is 0 Å². The minimum Gasteiger partial charge on any atom is -0.465 e. The van der Waals surface area contributed by atoms with E-state index in [1.165, 1.54) is 29.1 Å². The molecule has 0 spiro atoms. The number of aryl methyl sites for hydroxylation is 1. The number of para-hydroxylation sites is 1. The second-order valence-electron chi connectivity index (χ2n) is 6.47. The normalized spacial score (nSPS) is 23.6. The lowest BCUT2D eigenvalue weighted by Crippen LogP contribution is -2.40. The SMILES string of the molecule is CC(=O)OC[C@H]1C=CCON2CCc3c(n(C)c4ccccc34)[C@H]12. The highest BCUT2D eigenvalue weighted by Crippen LogP contribution is 2.41. The van der Waals surface area contributed by atoms with Gasteiger partial charge in [-0.05, 0) is 18.1 Å². The first-order chi connectivity index (χ1) is 11.7. The maximum absolute atomic E-state index is 11.3. The fraction of sp³-hybridized carbons (Fsp3) is 0.421. The number of rotatable bonds is 2. The van der Waals surface area contributed by atoms with Crippen LogP contribution in [0.25, 0.3) is 10.9 Å². The molecule has 5 nitrogen and oxygen atoms in total. The van der Waals surface area contributed by atoms with Gasteiger partial charge in [0.05, 0.1) is 19.3 Å². The lowest BCUT2D eigenvalue weighted by molar-refractivity contribution is -0.192. The zero-order valence-electron chi connectivity index (χ0n) is 14.1. The van der Waals surface area contributed by atoms with E-state index in [0.717, 1.165) is 13.0 Å². The molecular weight excluding hydrogens is 304 g/mol. The summed E-state index contributed by atoms with van der Waals surface area (Å²) in [6.45, 7) is 3.24. The molecule has 0 bridgehead atoms. The van der Waals surface area contributed by atoms with Crippen molar-refractivity contribution >= 4 is 16.9 Å². The van der Waals surface area contributed by atoms with Crippen LogP contribution in [-0.4, -0.2) is 35.4 Å². The summed E-state index contributed by atoms with van der Waals surface area (Å²) in [6, 6.07) is 8.58. The van der Waals surface area contributed by atoms with E-state index in [1.54, 1.807) is 0 Å². The van der Waals surface area contributed by atoms with E-state index in [9.17, 15) is 4.79 Å². The monoisotopic (exact) mass is 326 g/mol. The molecule has 1 aromatic carbocycles. The summed E-state index contributed by atoms with van der Waals surface area (Å²) >= 11 is 0. The van der Waals surface area contributed by atoms with Gasteiger partial charge in [-0.3, -0.25) is 9.63 Å². The minimum atomic E-state index is -0.242. The van der Waals surface area contributed by atoms with Gasteiger partial charge in [-0.15, -0.1) is 0 Å². The number of carbonyl (C=O) groups is 1. The lowest BCUT2D eigenvalue weighted by Gasteiger charge is -2.37. The smallest absolute Gasteiger partial charge is 0.302 e. The largest absolute Gasteiger partial charge is 0.465 e. The van der Waals surface area contributed by atoms with Crippen LogP contribution in [0.15, 0.2) is 36.4 Å². The molecule has 4 rings (SSSR count). The highest BCUT2D eigenvalue weighted by molar-refractivity contribution is 5.86. The third kappa shape index (κ3) is 2.44. The molecule has 0 aliphatic carbocycles. The van der Waals surface area contributed by atoms with E-state index in [0.29, 0.717) is 13.2 Å². The Morgan fingerprint density at radius 1 is 1.38 bits per heavy atom. The standard InChI is InChI=1S/C19H22N2O3/c1-13(22)23-12-14-6-5-11-24-21-10-9-16-15-7-3-4-8-17(15)20(2)19(16)18(14)21/h3-8,14,18H,9-12H2,1-2H3/t14-,18+/m1/s1. The molecular formula is C19H22N2O3. The van der Waals surface area contributed by atoms with Gasteiger partial charge >= 0.3 is 5.97 Å². The first-order valence-electron chi connectivity index (χ1n) is 8.42. The summed E-state index contributed by atoms with van der Waals surface area (Å²) in [6.07, 6.45) is 5.11. The van der Waals surface area contributed by atoms with E-state index in [4.69, 9.17) is 9.57 Å². The predicted octanol–water partition coefficient (Wildman–Crippen LogP) is 2.76. The van der Waals surface area contributed by atoms with Gasteiger partial charge in [0.1, 0.15) is 0 Å². The van der Waals surface area contributed by atoms with Crippen LogP contribution in [-0.2, 0) is 27.8 Å². The number of fused-ring (bicyclic) bond motifs is 5. The molecule has 2 aliphatic rings. The molecule has 0 fully saturated rings. The third-order valence-corrected chi connectivity index (χ3v) is 5.04. The van der Waals surface area contributed by atoms with Crippen LogP contribution in [0.1, 0.15) is 24.2 Å². The van der Waals surface area contributed by atoms with Gasteiger partial charge in [0, 0.05) is 43.0 Å². The molecule has 0 radical (unpaired) electrons. The van der Waals surface area contributed by atoms with Crippen LogP contribution >= 0.6 is 0 Å². The topological polar surface area (TPSA) is 43.7 Å². The second-order valence-corrected chi connectivity index (χ2v) is 6.47. The summed E-state index contributed by atoms with van der Waals surface area (Å²) in [4.78, 5) is 17.2. The van der Waals surface area contributed by atoms with E-state index >= 15 is 0 Å². The van der Waals surface area contributed by atoms with Crippen molar-refractivity contribution in [1.82, 2.24) is 9.63 Å². The zero-order valence-corrected chi connectivity index (χ0v) is 14.1. The van der Waals surface area contributed by atoms with Crippen LogP contribution in [0.2, 0.25) is 0 Å². The maximum Gasteiger partial charge on any atom is 0.302 e. The second kappa shape index (κ2) is 6.07. The molecule has 24 heavy (non-hydrogen) atoms. The lowest BCUT2D eigenvalue weighted by atomic mass is 9.90. The number of hydrogen-bond donors (Lipinski definition) is 0. The molecule has 126 valence electrons. The number of ether oxygens (including phenoxy) is 1. The number of carbonyl (C=O) groups excluding carboxylic acids is 1. The van der Waals surface area contributed by atoms with Gasteiger partial charge in [-0.2, -0.15) is 5.06 Å². The number of aromatic nitrogens is 1. The Labute approximate surface area is 141 Å². The fourth-order valence-electron chi connectivity index (χ4n) is 4.02. The zero-order chi connectivity index (χ0) is 16.7. The summed E-state index contributed by atoms with van der Waals surface area (Å²) in [5.41, 5.74) is 3.90. The van der Waals surface area contributed by atoms with Crippen molar-refractivity contribution in [2.45, 2.75) is 19.4 Å². The van der Waals surface area contributed by atoms with Crippen LogP contribution in [0.3, 0.4) is 0 Å². The maximum atomic E-state index is 11.3. The molecule has 2 aromatic rings. The van der Waals surface area contributed by atoms with Crippen LogP contribution < -0.4 is 0 Å².